The van der Waals surface area contributed by atoms with Gasteiger partial charge in [-0.05, 0) is 112 Å². The molecule has 0 unspecified atom stereocenters. The maximum atomic E-state index is 11.2. The number of nitrogens with zero attached hydrogens (tertiary/aromatic N) is 2. The molecule has 37 heavy (non-hydrogen) atoms. The van der Waals surface area contributed by atoms with Crippen LogP contribution < -0.4 is 0 Å². The summed E-state index contributed by atoms with van der Waals surface area (Å²) in [5, 5.41) is 0. The second-order valence-electron chi connectivity index (χ2n) is 10.00. The van der Waals surface area contributed by atoms with E-state index >= 15 is 0 Å². The number of rotatable bonds is 7. The second-order valence-corrected chi connectivity index (χ2v) is 10.00. The topological polar surface area (TPSA) is 25.3 Å². The van der Waals surface area contributed by atoms with Gasteiger partial charge in [-0.15, -0.1) is 0 Å². The first kappa shape index (κ1) is 35.0. The predicted octanol–water partition coefficient (Wildman–Crippen LogP) is 10.8. The quantitative estimate of drug-likeness (QED) is 0.188. The van der Waals surface area contributed by atoms with Crippen LogP contribution in [0.1, 0.15) is 110 Å². The Bertz CT molecular complexity index is 1030. The second kappa shape index (κ2) is 17.5. The molecule has 2 nitrogen and oxygen atoms in total. The van der Waals surface area contributed by atoms with Gasteiger partial charge < -0.3 is 19.4 Å². The molecule has 206 valence electrons. The van der Waals surface area contributed by atoms with Crippen LogP contribution in [0.2, 0.25) is 0 Å². The van der Waals surface area contributed by atoms with Crippen molar-refractivity contribution < 1.29 is 21.2 Å². The summed E-state index contributed by atoms with van der Waals surface area (Å²) in [4.78, 5) is 0. The molecule has 0 spiro atoms. The SMILES string of the molecule is CCCCC1=C(c2cc(C)c(C)c(C)c2)[N+](=[N-])C(c2cc(C)c(C)c(C)c2)=C1.[CH2-]CCC.[CH2-]CCC.[Ni+2]. The zero-order chi connectivity index (χ0) is 27.4. The van der Waals surface area contributed by atoms with Crippen molar-refractivity contribution >= 4 is 11.4 Å². The van der Waals surface area contributed by atoms with E-state index in [2.05, 4.69) is 107 Å². The van der Waals surface area contributed by atoms with E-state index in [0.717, 1.165) is 54.6 Å². The summed E-state index contributed by atoms with van der Waals surface area (Å²) >= 11 is 0. The minimum Gasteiger partial charge on any atom is -0.493 e. The molecule has 0 bridgehead atoms. The van der Waals surface area contributed by atoms with E-state index in [4.69, 9.17) is 0 Å². The number of aryl methyl sites for hydroxylation is 4. The van der Waals surface area contributed by atoms with Crippen LogP contribution in [-0.4, -0.2) is 4.70 Å². The van der Waals surface area contributed by atoms with Crippen LogP contribution in [0.25, 0.3) is 16.9 Å². The van der Waals surface area contributed by atoms with E-state index in [1.54, 1.807) is 0 Å². The fourth-order valence-corrected chi connectivity index (χ4v) is 3.98. The Morgan fingerprint density at radius 3 is 1.41 bits per heavy atom. The zero-order valence-corrected chi connectivity index (χ0v) is 25.9. The molecule has 0 saturated carbocycles. The molecule has 1 aliphatic heterocycles. The number of hydrogen-bond donors (Lipinski definition) is 0. The van der Waals surface area contributed by atoms with Crippen molar-refractivity contribution in [2.45, 2.75) is 107 Å². The van der Waals surface area contributed by atoms with Gasteiger partial charge in [-0.1, -0.05) is 40.0 Å². The Kier molecular flexibility index (Phi) is 16.6. The average Bonchev–Trinajstić information content (AvgIpc) is 3.20. The molecule has 0 atom stereocenters. The van der Waals surface area contributed by atoms with Crippen molar-refractivity contribution in [3.05, 3.63) is 99.8 Å². The van der Waals surface area contributed by atoms with Crippen molar-refractivity contribution in [2.75, 3.05) is 0 Å². The van der Waals surface area contributed by atoms with Gasteiger partial charge in [0, 0.05) is 22.8 Å². The van der Waals surface area contributed by atoms with Crippen molar-refractivity contribution in [2.24, 2.45) is 0 Å². The van der Waals surface area contributed by atoms with Crippen molar-refractivity contribution in [3.63, 3.8) is 0 Å². The molecule has 2 aromatic carbocycles. The summed E-state index contributed by atoms with van der Waals surface area (Å²) in [7, 11) is 0. The molecule has 0 aromatic heterocycles. The van der Waals surface area contributed by atoms with E-state index in [1.165, 1.54) is 56.5 Å². The minimum absolute atomic E-state index is 0. The van der Waals surface area contributed by atoms with E-state index in [1.807, 2.05) is 0 Å². The summed E-state index contributed by atoms with van der Waals surface area (Å²) in [6.45, 7) is 26.6. The van der Waals surface area contributed by atoms with E-state index < -0.39 is 0 Å². The Morgan fingerprint density at radius 1 is 0.676 bits per heavy atom. The number of unbranched alkanes of at least 4 members (excludes halogenated alkanes) is 3. The van der Waals surface area contributed by atoms with E-state index in [0.29, 0.717) is 0 Å². The van der Waals surface area contributed by atoms with Gasteiger partial charge in [0.15, 0.2) is 0 Å². The van der Waals surface area contributed by atoms with Crippen LogP contribution >= 0.6 is 0 Å². The van der Waals surface area contributed by atoms with Crippen LogP contribution in [0.4, 0.5) is 0 Å². The molecular formula is C34H50N2Ni. The van der Waals surface area contributed by atoms with E-state index in [-0.39, 0.29) is 16.5 Å². The Hall–Kier alpha value is -1.99. The molecule has 0 radical (unpaired) electrons. The molecule has 0 saturated heterocycles. The van der Waals surface area contributed by atoms with Gasteiger partial charge >= 0.3 is 16.5 Å². The number of hydrogen-bond acceptors (Lipinski definition) is 0. The van der Waals surface area contributed by atoms with Gasteiger partial charge in [0.1, 0.15) is 0 Å². The summed E-state index contributed by atoms with van der Waals surface area (Å²) in [6.07, 6.45) is 9.97. The Morgan fingerprint density at radius 2 is 1.05 bits per heavy atom. The number of allylic oxidation sites excluding steroid dienone is 2. The van der Waals surface area contributed by atoms with Crippen LogP contribution in [0.15, 0.2) is 35.9 Å². The van der Waals surface area contributed by atoms with Crippen molar-refractivity contribution in [3.8, 4) is 0 Å². The average molecular weight is 545 g/mol. The molecule has 0 fully saturated rings. The monoisotopic (exact) mass is 544 g/mol. The van der Waals surface area contributed by atoms with Crippen LogP contribution in [0, 0.1) is 55.4 Å². The summed E-state index contributed by atoms with van der Waals surface area (Å²) in [5.41, 5.74) is 24.1. The van der Waals surface area contributed by atoms with Crippen molar-refractivity contribution in [1.82, 2.24) is 0 Å². The third-order valence-corrected chi connectivity index (χ3v) is 6.99. The fourth-order valence-electron chi connectivity index (χ4n) is 3.98. The predicted molar refractivity (Wildman–Crippen MR) is 160 cm³/mol. The number of benzene rings is 2. The third kappa shape index (κ3) is 9.68. The first-order valence-electron chi connectivity index (χ1n) is 13.8. The summed E-state index contributed by atoms with van der Waals surface area (Å²) in [5.74, 6) is 0. The van der Waals surface area contributed by atoms with E-state index in [9.17, 15) is 5.53 Å². The molecule has 0 amide bonds. The molecule has 0 N–H and O–H groups in total. The largest absolute Gasteiger partial charge is 2.00 e. The first-order chi connectivity index (χ1) is 17.1. The summed E-state index contributed by atoms with van der Waals surface area (Å²) in [6, 6.07) is 8.78. The van der Waals surface area contributed by atoms with Crippen LogP contribution in [-0.2, 0) is 16.5 Å². The molecule has 1 heterocycles. The molecule has 0 aliphatic carbocycles. The fraction of sp³-hybridized carbons (Fsp3) is 0.471. The minimum atomic E-state index is 0. The molecule has 3 heteroatoms. The normalized spacial score (nSPS) is 12.3. The van der Waals surface area contributed by atoms with Gasteiger partial charge in [-0.2, -0.15) is 12.8 Å². The smallest absolute Gasteiger partial charge is 0.493 e. The Balaban J connectivity index is 0.00000127. The van der Waals surface area contributed by atoms with Crippen molar-refractivity contribution in [1.29, 1.82) is 0 Å². The van der Waals surface area contributed by atoms with Gasteiger partial charge in [0.25, 0.3) is 0 Å². The van der Waals surface area contributed by atoms with Crippen LogP contribution in [0.3, 0.4) is 0 Å². The Labute approximate surface area is 239 Å². The molecule has 2 aromatic rings. The third-order valence-electron chi connectivity index (χ3n) is 6.99. The molecular weight excluding hydrogens is 495 g/mol. The summed E-state index contributed by atoms with van der Waals surface area (Å²) < 4.78 is 1.41. The van der Waals surface area contributed by atoms with Gasteiger partial charge in [-0.25, -0.2) is 4.70 Å². The zero-order valence-electron chi connectivity index (χ0n) is 25.0. The van der Waals surface area contributed by atoms with Gasteiger partial charge in [-0.3, -0.25) is 0 Å². The molecule has 1 aliphatic rings. The standard InChI is InChI=1S/C26H32N2.2C4H9.Ni/c1-8-9-10-22-15-25(23-11-16(2)20(6)17(3)12-23)28(27)26(22)24-13-18(4)21(7)19(5)14-24;2*1-3-4-2;/h11-15H,8-10H2,1-7H3;2*1,3-4H2,2H3;/q;2*-1;+2. The molecule has 3 rings (SSSR count). The maximum absolute atomic E-state index is 11.2. The first-order valence-corrected chi connectivity index (χ1v) is 13.8. The van der Waals surface area contributed by atoms with Gasteiger partial charge in [0.2, 0.25) is 11.4 Å². The maximum Gasteiger partial charge on any atom is 2.00 e. The van der Waals surface area contributed by atoms with Crippen LogP contribution in [0.5, 0.6) is 0 Å². The van der Waals surface area contributed by atoms with Gasteiger partial charge in [0.05, 0.1) is 0 Å².